The quantitative estimate of drug-likeness (QED) is 0.440. The van der Waals surface area contributed by atoms with E-state index < -0.39 is 42.4 Å². The zero-order valence-corrected chi connectivity index (χ0v) is 21.7. The van der Waals surface area contributed by atoms with Gasteiger partial charge in [-0.25, -0.2) is 9.97 Å². The number of nitrogens with zero attached hydrogens (tertiary/aromatic N) is 4. The Morgan fingerprint density at radius 3 is 2.61 bits per heavy atom. The minimum Gasteiger partial charge on any atom is -0.494 e. The Morgan fingerprint density at radius 2 is 1.95 bits per heavy atom. The molecule has 9 nitrogen and oxygen atoms in total. The van der Waals surface area contributed by atoms with Gasteiger partial charge in [0, 0.05) is 28.9 Å². The lowest BCUT2D eigenvalue weighted by molar-refractivity contribution is -0.296. The number of aromatic nitrogens is 3. The Bertz CT molecular complexity index is 1420. The first-order valence-electron chi connectivity index (χ1n) is 11.4. The number of nitrogens with one attached hydrogen (secondary N) is 1. The second-order valence-corrected chi connectivity index (χ2v) is 10.7. The number of fused-ring (bicyclic) bond motifs is 1. The van der Waals surface area contributed by atoms with Crippen LogP contribution in [0.3, 0.4) is 0 Å². The Balaban J connectivity index is 1.29. The number of aliphatic hydroxyl groups is 1. The van der Waals surface area contributed by atoms with Crippen molar-refractivity contribution in [3.63, 3.8) is 0 Å². The molecule has 4 heterocycles. The van der Waals surface area contributed by atoms with Crippen LogP contribution in [0, 0.1) is 12.8 Å². The van der Waals surface area contributed by atoms with Gasteiger partial charge in [0.15, 0.2) is 10.7 Å². The summed E-state index contributed by atoms with van der Waals surface area (Å²) in [4.78, 5) is 40.7. The molecular formula is C24H21ClF3N5O4S. The second-order valence-electron chi connectivity index (χ2n) is 9.25. The second kappa shape index (κ2) is 9.47. The maximum absolute atomic E-state index is 13.2. The molecule has 2 aliphatic rings. The van der Waals surface area contributed by atoms with Gasteiger partial charge in [-0.3, -0.25) is 19.9 Å². The third kappa shape index (κ3) is 4.69. The summed E-state index contributed by atoms with van der Waals surface area (Å²) >= 11 is 7.27. The standard InChI is InChI=1S/C24H21ClF3N5O4S/c1-11-3-13(14-4-19(25)30-8-17(14)37-2)15(7-29-11)20(34)32-22-31-16-9-33(10-18(16)38-22)21(35)12-5-23(36,6-12)24(26,27)28/h3-4,7-8,12,36H,5-6,9-10H2,1-2H3,(H,31,32,34). The Kier molecular flexibility index (Phi) is 6.56. The van der Waals surface area contributed by atoms with Crippen molar-refractivity contribution in [2.75, 3.05) is 12.4 Å². The summed E-state index contributed by atoms with van der Waals surface area (Å²) in [5, 5.41) is 12.9. The molecule has 0 bridgehead atoms. The largest absolute Gasteiger partial charge is 0.494 e. The molecule has 3 aromatic heterocycles. The van der Waals surface area contributed by atoms with Crippen LogP contribution in [-0.4, -0.2) is 55.7 Å². The highest BCUT2D eigenvalue weighted by atomic mass is 35.5. The van der Waals surface area contributed by atoms with E-state index in [1.54, 1.807) is 19.1 Å². The number of aryl methyl sites for hydroxylation is 1. The van der Waals surface area contributed by atoms with Crippen LogP contribution >= 0.6 is 22.9 Å². The maximum atomic E-state index is 13.2. The maximum Gasteiger partial charge on any atom is 0.417 e. The molecule has 0 unspecified atom stereocenters. The number of rotatable bonds is 5. The van der Waals surface area contributed by atoms with Gasteiger partial charge in [0.05, 0.1) is 42.5 Å². The van der Waals surface area contributed by atoms with Crippen molar-refractivity contribution in [1.29, 1.82) is 0 Å². The molecule has 1 aliphatic carbocycles. The van der Waals surface area contributed by atoms with Crippen LogP contribution in [-0.2, 0) is 17.9 Å². The van der Waals surface area contributed by atoms with Gasteiger partial charge in [0.1, 0.15) is 10.9 Å². The molecule has 0 atom stereocenters. The SMILES string of the molecule is COc1cnc(Cl)cc1-c1cc(C)ncc1C(=O)Nc1nc2c(s1)CN(C(=O)C1CC(O)(C(F)(F)F)C1)C2. The fourth-order valence-electron chi connectivity index (χ4n) is 4.59. The van der Waals surface area contributed by atoms with Crippen LogP contribution in [0.5, 0.6) is 5.75 Å². The van der Waals surface area contributed by atoms with Crippen molar-refractivity contribution in [1.82, 2.24) is 19.9 Å². The van der Waals surface area contributed by atoms with E-state index in [1.165, 1.54) is 35.7 Å². The van der Waals surface area contributed by atoms with E-state index in [9.17, 15) is 27.9 Å². The van der Waals surface area contributed by atoms with Crippen LogP contribution in [0.25, 0.3) is 11.1 Å². The molecule has 1 fully saturated rings. The third-order valence-electron chi connectivity index (χ3n) is 6.66. The van der Waals surface area contributed by atoms with Gasteiger partial charge < -0.3 is 14.7 Å². The van der Waals surface area contributed by atoms with E-state index >= 15 is 0 Å². The number of ether oxygens (including phenoxy) is 1. The molecule has 3 aromatic rings. The van der Waals surface area contributed by atoms with Crippen LogP contribution < -0.4 is 10.1 Å². The first-order chi connectivity index (χ1) is 17.9. The van der Waals surface area contributed by atoms with E-state index in [4.69, 9.17) is 16.3 Å². The molecule has 1 saturated carbocycles. The number of carbonyl (C=O) groups is 2. The summed E-state index contributed by atoms with van der Waals surface area (Å²) in [6, 6.07) is 3.32. The zero-order chi connectivity index (χ0) is 27.4. The summed E-state index contributed by atoms with van der Waals surface area (Å²) in [6.07, 6.45) is -3.15. The van der Waals surface area contributed by atoms with Crippen LogP contribution in [0.1, 0.15) is 39.5 Å². The Labute approximate surface area is 223 Å². The number of hydrogen-bond donors (Lipinski definition) is 2. The minimum atomic E-state index is -4.76. The third-order valence-corrected chi connectivity index (χ3v) is 7.86. The highest BCUT2D eigenvalue weighted by molar-refractivity contribution is 7.16. The first-order valence-corrected chi connectivity index (χ1v) is 12.6. The number of pyridine rings is 2. The molecule has 200 valence electrons. The molecule has 1 aliphatic heterocycles. The Morgan fingerprint density at radius 1 is 1.21 bits per heavy atom. The minimum absolute atomic E-state index is 0.117. The fourth-order valence-corrected chi connectivity index (χ4v) is 5.73. The normalized spacial score (nSPS) is 20.6. The van der Waals surface area contributed by atoms with Gasteiger partial charge in [-0.2, -0.15) is 13.2 Å². The van der Waals surface area contributed by atoms with E-state index in [0.29, 0.717) is 33.4 Å². The number of thiazole rings is 1. The highest BCUT2D eigenvalue weighted by Crippen LogP contribution is 2.49. The average Bonchev–Trinajstić information content (AvgIpc) is 3.39. The molecular weight excluding hydrogens is 547 g/mol. The van der Waals surface area contributed by atoms with Crippen molar-refractivity contribution in [2.45, 2.75) is 44.6 Å². The van der Waals surface area contributed by atoms with Crippen molar-refractivity contribution in [3.8, 4) is 16.9 Å². The number of alkyl halides is 3. The summed E-state index contributed by atoms with van der Waals surface area (Å²) < 4.78 is 44.1. The number of anilines is 1. The number of carbonyl (C=O) groups excluding carboxylic acids is 2. The van der Waals surface area contributed by atoms with Crippen molar-refractivity contribution < 1.29 is 32.6 Å². The van der Waals surface area contributed by atoms with Gasteiger partial charge in [-0.1, -0.05) is 22.9 Å². The zero-order valence-electron chi connectivity index (χ0n) is 20.1. The lowest BCUT2D eigenvalue weighted by atomic mass is 9.70. The van der Waals surface area contributed by atoms with E-state index in [1.807, 2.05) is 0 Å². The number of amides is 2. The van der Waals surface area contributed by atoms with Crippen LogP contribution in [0.15, 0.2) is 24.5 Å². The summed E-state index contributed by atoms with van der Waals surface area (Å²) in [5.74, 6) is -1.38. The first kappa shape index (κ1) is 26.3. The van der Waals surface area contributed by atoms with Gasteiger partial charge in [-0.05, 0) is 31.9 Å². The molecule has 2 amide bonds. The van der Waals surface area contributed by atoms with Gasteiger partial charge >= 0.3 is 6.18 Å². The summed E-state index contributed by atoms with van der Waals surface area (Å²) in [5.41, 5.74) is -0.212. The molecule has 0 saturated heterocycles. The van der Waals surface area contributed by atoms with Crippen molar-refractivity contribution in [2.24, 2.45) is 5.92 Å². The Hall–Kier alpha value is -3.29. The van der Waals surface area contributed by atoms with E-state index in [-0.39, 0.29) is 23.8 Å². The van der Waals surface area contributed by atoms with Crippen LogP contribution in [0.4, 0.5) is 18.3 Å². The van der Waals surface area contributed by atoms with Crippen molar-refractivity contribution in [3.05, 3.63) is 51.5 Å². The van der Waals surface area contributed by atoms with Gasteiger partial charge in [-0.15, -0.1) is 0 Å². The monoisotopic (exact) mass is 567 g/mol. The molecule has 0 spiro atoms. The number of hydrogen-bond acceptors (Lipinski definition) is 8. The number of halogens is 4. The van der Waals surface area contributed by atoms with Crippen LogP contribution in [0.2, 0.25) is 5.15 Å². The average molecular weight is 568 g/mol. The highest BCUT2D eigenvalue weighted by Gasteiger charge is 2.63. The summed E-state index contributed by atoms with van der Waals surface area (Å²) in [6.45, 7) is 2.07. The summed E-state index contributed by atoms with van der Waals surface area (Å²) in [7, 11) is 1.48. The number of methoxy groups -OCH3 is 1. The molecule has 14 heteroatoms. The van der Waals surface area contributed by atoms with Gasteiger partial charge in [0.2, 0.25) is 5.91 Å². The smallest absolute Gasteiger partial charge is 0.417 e. The topological polar surface area (TPSA) is 118 Å². The molecule has 5 rings (SSSR count). The van der Waals surface area contributed by atoms with E-state index in [0.717, 1.165) is 4.88 Å². The van der Waals surface area contributed by atoms with E-state index in [2.05, 4.69) is 20.3 Å². The molecule has 0 radical (unpaired) electrons. The van der Waals surface area contributed by atoms with Crippen molar-refractivity contribution >= 4 is 39.9 Å². The predicted octanol–water partition coefficient (Wildman–Crippen LogP) is 4.37. The molecule has 0 aromatic carbocycles. The molecule has 38 heavy (non-hydrogen) atoms. The van der Waals surface area contributed by atoms with Gasteiger partial charge in [0.25, 0.3) is 5.91 Å². The lowest BCUT2D eigenvalue weighted by Gasteiger charge is -2.44. The predicted molar refractivity (Wildman–Crippen MR) is 132 cm³/mol. The molecule has 2 N–H and O–H groups in total. The fraction of sp³-hybridized carbons (Fsp3) is 0.375. The lowest BCUT2D eigenvalue weighted by Crippen LogP contribution is -2.58.